The molecule has 7 heteroatoms. The topological polar surface area (TPSA) is 71.3 Å². The second-order valence-corrected chi connectivity index (χ2v) is 5.87. The molecule has 0 N–H and O–H groups in total. The molecule has 1 aliphatic heterocycles. The Kier molecular flexibility index (Phi) is 4.59. The van der Waals surface area contributed by atoms with E-state index in [1.165, 1.54) is 6.20 Å². The second-order valence-electron chi connectivity index (χ2n) is 5.87. The number of likely N-dealkylation sites (N-methyl/N-ethyl adjacent to an activating group) is 1. The molecule has 1 saturated heterocycles. The van der Waals surface area contributed by atoms with Crippen LogP contribution in [0.1, 0.15) is 30.8 Å². The predicted octanol–water partition coefficient (Wildman–Crippen LogP) is 1.35. The minimum absolute atomic E-state index is 0.0489. The minimum Gasteiger partial charge on any atom is -0.338 e. The highest BCUT2D eigenvalue weighted by atomic mass is 16.2. The van der Waals surface area contributed by atoms with Crippen molar-refractivity contribution in [3.8, 4) is 5.69 Å². The molecule has 126 valence electrons. The molecule has 0 radical (unpaired) electrons. The van der Waals surface area contributed by atoms with E-state index in [4.69, 9.17) is 0 Å². The zero-order valence-electron chi connectivity index (χ0n) is 13.9. The highest BCUT2D eigenvalue weighted by molar-refractivity contribution is 5.93. The molecule has 2 aromatic rings. The smallest absolute Gasteiger partial charge is 0.274 e. The molecule has 0 bridgehead atoms. The maximum Gasteiger partial charge on any atom is 0.274 e. The van der Waals surface area contributed by atoms with Gasteiger partial charge in [-0.15, -0.1) is 5.10 Å². The Balaban J connectivity index is 1.77. The Bertz CT molecular complexity index is 728. The number of rotatable bonds is 4. The third kappa shape index (κ3) is 3.02. The van der Waals surface area contributed by atoms with Gasteiger partial charge in [0.15, 0.2) is 5.69 Å². The molecule has 1 aliphatic rings. The number of amides is 2. The van der Waals surface area contributed by atoms with Crippen LogP contribution in [-0.4, -0.2) is 62.3 Å². The summed E-state index contributed by atoms with van der Waals surface area (Å²) in [6.45, 7) is 5.37. The van der Waals surface area contributed by atoms with Gasteiger partial charge >= 0.3 is 0 Å². The molecule has 0 spiro atoms. The number of carbonyl (C=O) groups is 2. The zero-order chi connectivity index (χ0) is 17.1. The molecule has 0 saturated carbocycles. The Labute approximate surface area is 140 Å². The van der Waals surface area contributed by atoms with Crippen molar-refractivity contribution in [3.63, 3.8) is 0 Å². The maximum absolute atomic E-state index is 12.9. The summed E-state index contributed by atoms with van der Waals surface area (Å²) < 4.78 is 1.55. The summed E-state index contributed by atoms with van der Waals surface area (Å²) in [6.07, 6.45) is 2.29. The zero-order valence-corrected chi connectivity index (χ0v) is 13.9. The quantitative estimate of drug-likeness (QED) is 0.850. The molecule has 1 aromatic carbocycles. The number of likely N-dealkylation sites (tertiary alicyclic amines) is 1. The molecule has 1 aromatic heterocycles. The van der Waals surface area contributed by atoms with E-state index in [-0.39, 0.29) is 17.9 Å². The first kappa shape index (κ1) is 16.2. The van der Waals surface area contributed by atoms with E-state index in [0.717, 1.165) is 12.1 Å². The molecule has 1 atom stereocenters. The van der Waals surface area contributed by atoms with Gasteiger partial charge in [-0.3, -0.25) is 9.59 Å². The first-order chi connectivity index (χ1) is 11.6. The number of hydrogen-bond acceptors (Lipinski definition) is 4. The molecule has 1 fully saturated rings. The van der Waals surface area contributed by atoms with Crippen LogP contribution in [0.5, 0.6) is 0 Å². The van der Waals surface area contributed by atoms with Gasteiger partial charge in [0.1, 0.15) is 0 Å². The van der Waals surface area contributed by atoms with Crippen LogP contribution in [-0.2, 0) is 4.79 Å². The van der Waals surface area contributed by atoms with Crippen LogP contribution >= 0.6 is 0 Å². The average Bonchev–Trinajstić information content (AvgIpc) is 3.25. The van der Waals surface area contributed by atoms with E-state index in [2.05, 4.69) is 10.3 Å². The van der Waals surface area contributed by atoms with Crippen molar-refractivity contribution in [3.05, 3.63) is 42.2 Å². The summed E-state index contributed by atoms with van der Waals surface area (Å²) in [4.78, 5) is 28.1. The summed E-state index contributed by atoms with van der Waals surface area (Å²) in [5.74, 6) is -0.0567. The highest BCUT2D eigenvalue weighted by Gasteiger charge is 2.32. The summed E-state index contributed by atoms with van der Waals surface area (Å²) in [7, 11) is 0. The van der Waals surface area contributed by atoms with E-state index < -0.39 is 0 Å². The van der Waals surface area contributed by atoms with Gasteiger partial charge in [0.25, 0.3) is 5.91 Å². The van der Waals surface area contributed by atoms with Crippen molar-refractivity contribution in [2.75, 3.05) is 19.6 Å². The fourth-order valence-electron chi connectivity index (χ4n) is 3.22. The SMILES string of the molecule is CCN(C(C)=O)C1CCN(C(=O)c2cnnn2-c2ccccc2)C1. The first-order valence-corrected chi connectivity index (χ1v) is 8.14. The van der Waals surface area contributed by atoms with Crippen LogP contribution in [0.25, 0.3) is 5.69 Å². The lowest BCUT2D eigenvalue weighted by Gasteiger charge is -2.26. The molecular weight excluding hydrogens is 306 g/mol. The van der Waals surface area contributed by atoms with Gasteiger partial charge in [-0.2, -0.15) is 0 Å². The monoisotopic (exact) mass is 327 g/mol. The Hall–Kier alpha value is -2.70. The van der Waals surface area contributed by atoms with Crippen molar-refractivity contribution in [2.24, 2.45) is 0 Å². The number of nitrogens with zero attached hydrogens (tertiary/aromatic N) is 5. The molecule has 7 nitrogen and oxygen atoms in total. The third-order valence-corrected chi connectivity index (χ3v) is 4.41. The summed E-state index contributed by atoms with van der Waals surface area (Å²) in [5, 5.41) is 7.92. The molecule has 24 heavy (non-hydrogen) atoms. The van der Waals surface area contributed by atoms with Crippen LogP contribution in [0.15, 0.2) is 36.5 Å². The largest absolute Gasteiger partial charge is 0.338 e. The van der Waals surface area contributed by atoms with Crippen molar-refractivity contribution < 1.29 is 9.59 Å². The van der Waals surface area contributed by atoms with Crippen LogP contribution in [0.3, 0.4) is 0 Å². The molecule has 2 amide bonds. The van der Waals surface area contributed by atoms with Gasteiger partial charge in [-0.05, 0) is 25.5 Å². The van der Waals surface area contributed by atoms with Crippen molar-refractivity contribution in [1.29, 1.82) is 0 Å². The molecule has 2 heterocycles. The van der Waals surface area contributed by atoms with Crippen molar-refractivity contribution >= 4 is 11.8 Å². The van der Waals surface area contributed by atoms with E-state index in [9.17, 15) is 9.59 Å². The van der Waals surface area contributed by atoms with E-state index >= 15 is 0 Å². The van der Waals surface area contributed by atoms with Gasteiger partial charge in [-0.25, -0.2) is 4.68 Å². The van der Waals surface area contributed by atoms with E-state index in [0.29, 0.717) is 25.3 Å². The Morgan fingerprint density at radius 3 is 2.71 bits per heavy atom. The van der Waals surface area contributed by atoms with Gasteiger partial charge in [0.05, 0.1) is 17.9 Å². The summed E-state index contributed by atoms with van der Waals surface area (Å²) in [6, 6.07) is 9.54. The van der Waals surface area contributed by atoms with Crippen molar-refractivity contribution in [2.45, 2.75) is 26.3 Å². The van der Waals surface area contributed by atoms with Gasteiger partial charge < -0.3 is 9.80 Å². The number of benzene rings is 1. The Morgan fingerprint density at radius 1 is 1.29 bits per heavy atom. The lowest BCUT2D eigenvalue weighted by molar-refractivity contribution is -0.130. The summed E-state index contributed by atoms with van der Waals surface area (Å²) >= 11 is 0. The number of hydrogen-bond donors (Lipinski definition) is 0. The van der Waals surface area contributed by atoms with Crippen molar-refractivity contribution in [1.82, 2.24) is 24.8 Å². The van der Waals surface area contributed by atoms with Crippen LogP contribution in [0.2, 0.25) is 0 Å². The third-order valence-electron chi connectivity index (χ3n) is 4.41. The molecule has 1 unspecified atom stereocenters. The maximum atomic E-state index is 12.9. The fraction of sp³-hybridized carbons (Fsp3) is 0.412. The van der Waals surface area contributed by atoms with Crippen LogP contribution in [0, 0.1) is 0 Å². The first-order valence-electron chi connectivity index (χ1n) is 8.14. The highest BCUT2D eigenvalue weighted by Crippen LogP contribution is 2.19. The van der Waals surface area contributed by atoms with Gasteiger partial charge in [0.2, 0.25) is 5.91 Å². The number of aromatic nitrogens is 3. The van der Waals surface area contributed by atoms with E-state index in [1.54, 1.807) is 16.5 Å². The van der Waals surface area contributed by atoms with Gasteiger partial charge in [0, 0.05) is 26.6 Å². The average molecular weight is 327 g/mol. The minimum atomic E-state index is -0.106. The normalized spacial score (nSPS) is 17.1. The number of para-hydroxylation sites is 1. The Morgan fingerprint density at radius 2 is 2.04 bits per heavy atom. The molecular formula is C17H21N5O2. The molecule has 3 rings (SSSR count). The second kappa shape index (κ2) is 6.82. The van der Waals surface area contributed by atoms with Crippen LogP contribution < -0.4 is 0 Å². The lowest BCUT2D eigenvalue weighted by atomic mass is 10.2. The molecule has 0 aliphatic carbocycles. The number of carbonyl (C=O) groups excluding carboxylic acids is 2. The van der Waals surface area contributed by atoms with E-state index in [1.807, 2.05) is 42.2 Å². The lowest BCUT2D eigenvalue weighted by Crippen LogP contribution is -2.41. The summed E-state index contributed by atoms with van der Waals surface area (Å²) in [5.41, 5.74) is 1.24. The van der Waals surface area contributed by atoms with Crippen LogP contribution in [0.4, 0.5) is 0 Å². The predicted molar refractivity (Wildman–Crippen MR) is 88.7 cm³/mol. The fourth-order valence-corrected chi connectivity index (χ4v) is 3.22. The van der Waals surface area contributed by atoms with Gasteiger partial charge in [-0.1, -0.05) is 23.4 Å². The standard InChI is InChI=1S/C17H21N5O2/c1-3-21(13(2)23)15-9-10-20(12-15)17(24)16-11-18-19-22(16)14-7-5-4-6-8-14/h4-8,11,15H,3,9-10,12H2,1-2H3.